The van der Waals surface area contributed by atoms with Gasteiger partial charge in [0.2, 0.25) is 0 Å². The molecule has 0 saturated carbocycles. The van der Waals surface area contributed by atoms with Gasteiger partial charge in [-0.05, 0) is 43.7 Å². The van der Waals surface area contributed by atoms with Crippen LogP contribution in [0.25, 0.3) is 0 Å². The predicted octanol–water partition coefficient (Wildman–Crippen LogP) is 3.15. The Hall–Kier alpha value is -2.10. The molecule has 0 aliphatic carbocycles. The fourth-order valence-corrected chi connectivity index (χ4v) is 1.78. The number of hydrogen-bond acceptors (Lipinski definition) is 3. The van der Waals surface area contributed by atoms with Gasteiger partial charge in [0.25, 0.3) is 0 Å². The first-order valence-electron chi connectivity index (χ1n) is 5.74. The molecule has 0 aliphatic heterocycles. The fourth-order valence-electron chi connectivity index (χ4n) is 1.78. The number of halogens is 1. The Morgan fingerprint density at radius 3 is 2.39 bits per heavy atom. The van der Waals surface area contributed by atoms with E-state index in [1.165, 1.54) is 12.1 Å². The lowest BCUT2D eigenvalue weighted by atomic mass is 9.94. The highest BCUT2D eigenvalue weighted by Crippen LogP contribution is 2.25. The minimum Gasteiger partial charge on any atom is -0.384 e. The number of rotatable bonds is 3. The van der Waals surface area contributed by atoms with Crippen LogP contribution in [0, 0.1) is 5.82 Å². The summed E-state index contributed by atoms with van der Waals surface area (Å²) in [5, 5.41) is 3.28. The van der Waals surface area contributed by atoms with E-state index >= 15 is 0 Å². The third-order valence-corrected chi connectivity index (χ3v) is 2.78. The largest absolute Gasteiger partial charge is 0.384 e. The Bertz CT molecular complexity index is 535. The molecule has 0 spiro atoms. The Balaban J connectivity index is 2.23. The quantitative estimate of drug-likeness (QED) is 0.873. The molecule has 0 atom stereocenters. The monoisotopic (exact) mass is 245 g/mol. The Kier molecular flexibility index (Phi) is 3.19. The average molecular weight is 245 g/mol. The van der Waals surface area contributed by atoms with Gasteiger partial charge in [-0.15, -0.1) is 0 Å². The summed E-state index contributed by atoms with van der Waals surface area (Å²) in [5.41, 5.74) is 6.26. The van der Waals surface area contributed by atoms with Crippen molar-refractivity contribution in [3.05, 3.63) is 53.8 Å². The molecular formula is C14H16FN3. The first kappa shape index (κ1) is 12.4. The van der Waals surface area contributed by atoms with Crippen LogP contribution in [0.1, 0.15) is 19.4 Å². The van der Waals surface area contributed by atoms with Crippen LogP contribution in [-0.2, 0) is 5.54 Å². The Morgan fingerprint density at radius 2 is 1.78 bits per heavy atom. The number of nitrogen functional groups attached to an aromatic ring is 1. The number of aromatic nitrogens is 1. The maximum Gasteiger partial charge on any atom is 0.129 e. The second kappa shape index (κ2) is 4.64. The van der Waals surface area contributed by atoms with Crippen molar-refractivity contribution in [3.8, 4) is 0 Å². The van der Waals surface area contributed by atoms with Crippen LogP contribution < -0.4 is 11.1 Å². The zero-order chi connectivity index (χ0) is 13.2. The number of nitrogens with zero attached hydrogens (tertiary/aromatic N) is 1. The molecular weight excluding hydrogens is 229 g/mol. The van der Waals surface area contributed by atoms with Crippen molar-refractivity contribution < 1.29 is 4.39 Å². The molecule has 0 amide bonds. The molecule has 2 aromatic rings. The zero-order valence-corrected chi connectivity index (χ0v) is 10.4. The first-order valence-corrected chi connectivity index (χ1v) is 5.74. The predicted molar refractivity (Wildman–Crippen MR) is 71.7 cm³/mol. The van der Waals surface area contributed by atoms with Crippen molar-refractivity contribution >= 4 is 11.6 Å². The summed E-state index contributed by atoms with van der Waals surface area (Å²) >= 11 is 0. The molecule has 0 aliphatic rings. The van der Waals surface area contributed by atoms with Gasteiger partial charge < -0.3 is 11.1 Å². The van der Waals surface area contributed by atoms with Crippen LogP contribution in [0.3, 0.4) is 0 Å². The van der Waals surface area contributed by atoms with Crippen LogP contribution >= 0.6 is 0 Å². The van der Waals surface area contributed by atoms with E-state index < -0.39 is 0 Å². The van der Waals surface area contributed by atoms with Crippen LogP contribution in [0.4, 0.5) is 16.0 Å². The SMILES string of the molecule is CC(C)(Nc1cccc(N)n1)c1ccc(F)cc1. The maximum absolute atomic E-state index is 12.9. The summed E-state index contributed by atoms with van der Waals surface area (Å²) in [5.74, 6) is 0.927. The second-order valence-electron chi connectivity index (χ2n) is 4.70. The highest BCUT2D eigenvalue weighted by molar-refractivity contribution is 5.45. The van der Waals surface area contributed by atoms with Crippen molar-refractivity contribution in [2.24, 2.45) is 0 Å². The highest BCUT2D eigenvalue weighted by atomic mass is 19.1. The van der Waals surface area contributed by atoms with Crippen molar-refractivity contribution in [2.45, 2.75) is 19.4 Å². The topological polar surface area (TPSA) is 50.9 Å². The zero-order valence-electron chi connectivity index (χ0n) is 10.4. The summed E-state index contributed by atoms with van der Waals surface area (Å²) in [6.07, 6.45) is 0. The molecule has 0 fully saturated rings. The third-order valence-electron chi connectivity index (χ3n) is 2.78. The van der Waals surface area contributed by atoms with Crippen molar-refractivity contribution in [2.75, 3.05) is 11.1 Å². The minimum atomic E-state index is -0.353. The van der Waals surface area contributed by atoms with Crippen LogP contribution in [0.15, 0.2) is 42.5 Å². The number of pyridine rings is 1. The maximum atomic E-state index is 12.9. The van der Waals surface area contributed by atoms with Gasteiger partial charge in [0.1, 0.15) is 17.5 Å². The van der Waals surface area contributed by atoms with Gasteiger partial charge in [-0.1, -0.05) is 18.2 Å². The summed E-state index contributed by atoms with van der Waals surface area (Å²) in [6, 6.07) is 11.8. The van der Waals surface area contributed by atoms with Crippen molar-refractivity contribution in [1.82, 2.24) is 4.98 Å². The molecule has 1 aromatic heterocycles. The minimum absolute atomic E-state index is 0.239. The molecule has 1 heterocycles. The summed E-state index contributed by atoms with van der Waals surface area (Å²) in [6.45, 7) is 4.01. The number of nitrogens with two attached hydrogens (primary N) is 1. The van der Waals surface area contributed by atoms with E-state index in [1.54, 1.807) is 18.2 Å². The smallest absolute Gasteiger partial charge is 0.129 e. The van der Waals surface area contributed by atoms with E-state index in [4.69, 9.17) is 5.73 Å². The van der Waals surface area contributed by atoms with Crippen molar-refractivity contribution in [1.29, 1.82) is 0 Å². The molecule has 2 rings (SSSR count). The van der Waals surface area contributed by atoms with Gasteiger partial charge in [0.15, 0.2) is 0 Å². The van der Waals surface area contributed by atoms with E-state index in [1.807, 2.05) is 26.0 Å². The van der Waals surface area contributed by atoms with E-state index in [-0.39, 0.29) is 11.4 Å². The molecule has 4 heteroatoms. The fraction of sp³-hybridized carbons (Fsp3) is 0.214. The first-order chi connectivity index (χ1) is 8.47. The second-order valence-corrected chi connectivity index (χ2v) is 4.70. The molecule has 3 nitrogen and oxygen atoms in total. The van der Waals surface area contributed by atoms with Crippen LogP contribution in [0.5, 0.6) is 0 Å². The molecule has 94 valence electrons. The number of nitrogens with one attached hydrogen (secondary N) is 1. The normalized spacial score (nSPS) is 11.3. The summed E-state index contributed by atoms with van der Waals surface area (Å²) in [4.78, 5) is 4.19. The van der Waals surface area contributed by atoms with Crippen LogP contribution in [0.2, 0.25) is 0 Å². The van der Waals surface area contributed by atoms with Gasteiger partial charge in [-0.3, -0.25) is 0 Å². The van der Waals surface area contributed by atoms with Gasteiger partial charge in [0.05, 0.1) is 5.54 Å². The van der Waals surface area contributed by atoms with Crippen molar-refractivity contribution in [3.63, 3.8) is 0 Å². The van der Waals surface area contributed by atoms with E-state index in [0.29, 0.717) is 11.6 Å². The molecule has 0 unspecified atom stereocenters. The van der Waals surface area contributed by atoms with E-state index in [9.17, 15) is 4.39 Å². The molecule has 0 saturated heterocycles. The molecule has 3 N–H and O–H groups in total. The van der Waals surface area contributed by atoms with Gasteiger partial charge >= 0.3 is 0 Å². The van der Waals surface area contributed by atoms with Gasteiger partial charge in [0, 0.05) is 0 Å². The summed E-state index contributed by atoms with van der Waals surface area (Å²) < 4.78 is 12.9. The van der Waals surface area contributed by atoms with Crippen LogP contribution in [-0.4, -0.2) is 4.98 Å². The van der Waals surface area contributed by atoms with Gasteiger partial charge in [-0.25, -0.2) is 9.37 Å². The summed E-state index contributed by atoms with van der Waals surface area (Å²) in [7, 11) is 0. The lowest BCUT2D eigenvalue weighted by Gasteiger charge is -2.27. The molecule has 1 aromatic carbocycles. The highest BCUT2D eigenvalue weighted by Gasteiger charge is 2.20. The van der Waals surface area contributed by atoms with Gasteiger partial charge in [-0.2, -0.15) is 0 Å². The number of benzene rings is 1. The molecule has 18 heavy (non-hydrogen) atoms. The standard InChI is InChI=1S/C14H16FN3/c1-14(2,10-6-8-11(15)9-7-10)18-13-5-3-4-12(16)17-13/h3-9H,1-2H3,(H3,16,17,18). The lowest BCUT2D eigenvalue weighted by Crippen LogP contribution is -2.28. The third kappa shape index (κ3) is 2.77. The molecule has 0 bridgehead atoms. The van der Waals surface area contributed by atoms with E-state index in [0.717, 1.165) is 5.56 Å². The molecule has 0 radical (unpaired) electrons. The van der Waals surface area contributed by atoms with E-state index in [2.05, 4.69) is 10.3 Å². The Labute approximate surface area is 106 Å². The number of anilines is 2. The average Bonchev–Trinajstić information content (AvgIpc) is 2.29. The Morgan fingerprint density at radius 1 is 1.11 bits per heavy atom. The number of hydrogen-bond donors (Lipinski definition) is 2. The lowest BCUT2D eigenvalue weighted by molar-refractivity contribution is 0.595.